The minimum atomic E-state index is -2.05. The number of nitrogens with zero attached hydrogens (tertiary/aromatic N) is 1. The second-order valence-corrected chi connectivity index (χ2v) is 6.97. The van der Waals surface area contributed by atoms with Crippen LogP contribution in [-0.2, 0) is 0 Å². The van der Waals surface area contributed by atoms with Crippen molar-refractivity contribution in [2.24, 2.45) is 0 Å². The first kappa shape index (κ1) is 18.3. The summed E-state index contributed by atoms with van der Waals surface area (Å²) in [6.07, 6.45) is -1.43. The third-order valence-corrected chi connectivity index (χ3v) is 3.50. The molecule has 0 radical (unpaired) electrons. The number of hydrogen-bond acceptors (Lipinski definition) is 4. The fraction of sp³-hybridized carbons (Fsp3) is 0.133. The number of ether oxygens (including phenoxy) is 1. The van der Waals surface area contributed by atoms with Crippen LogP contribution in [-0.4, -0.2) is 20.9 Å². The molecule has 2 aromatic rings. The van der Waals surface area contributed by atoms with Crippen molar-refractivity contribution in [3.05, 3.63) is 70.3 Å². The summed E-state index contributed by atoms with van der Waals surface area (Å²) in [6.45, 7) is 0. The molecule has 2 rings (SSSR count). The Kier molecular flexibility index (Phi) is 5.88. The molecule has 24 heavy (non-hydrogen) atoms. The molecule has 0 aliphatic heterocycles. The SMILES string of the molecule is O=C(NC(Oc1ccccc1[N+](=O)[O-])C(Cl)(Cl)Cl)c1ccccc1. The monoisotopic (exact) mass is 388 g/mol. The number of carbonyl (C=O) groups excluding carboxylic acids is 1. The van der Waals surface area contributed by atoms with Gasteiger partial charge in [0.05, 0.1) is 4.92 Å². The third-order valence-electron chi connectivity index (χ3n) is 2.90. The van der Waals surface area contributed by atoms with E-state index in [-0.39, 0.29) is 11.4 Å². The van der Waals surface area contributed by atoms with E-state index in [4.69, 9.17) is 39.5 Å². The highest BCUT2D eigenvalue weighted by molar-refractivity contribution is 6.68. The first-order chi connectivity index (χ1) is 11.3. The quantitative estimate of drug-likeness (QED) is 0.361. The lowest BCUT2D eigenvalue weighted by atomic mass is 10.2. The third kappa shape index (κ3) is 4.74. The van der Waals surface area contributed by atoms with E-state index >= 15 is 0 Å². The Balaban J connectivity index is 2.25. The number of nitro groups is 1. The molecule has 0 heterocycles. The standard InChI is InChI=1S/C15H11Cl3N2O4/c16-15(17,18)14(19-13(21)10-6-2-1-3-7-10)24-12-9-5-4-8-11(12)20(22)23/h1-9,14H,(H,19,21). The van der Waals surface area contributed by atoms with E-state index in [2.05, 4.69) is 5.32 Å². The average molecular weight is 390 g/mol. The van der Waals surface area contributed by atoms with E-state index in [0.29, 0.717) is 5.56 Å². The molecule has 0 spiro atoms. The maximum Gasteiger partial charge on any atom is 0.311 e. The summed E-state index contributed by atoms with van der Waals surface area (Å²) in [5.74, 6) is -0.683. The van der Waals surface area contributed by atoms with E-state index in [1.54, 1.807) is 30.3 Å². The Morgan fingerprint density at radius 1 is 1.08 bits per heavy atom. The number of benzene rings is 2. The van der Waals surface area contributed by atoms with Crippen molar-refractivity contribution in [2.45, 2.75) is 10.0 Å². The number of para-hydroxylation sites is 2. The molecular weight excluding hydrogens is 379 g/mol. The minimum Gasteiger partial charge on any atom is -0.459 e. The van der Waals surface area contributed by atoms with Crippen LogP contribution < -0.4 is 10.1 Å². The minimum absolute atomic E-state index is 0.132. The predicted molar refractivity (Wildman–Crippen MR) is 91.7 cm³/mol. The summed E-state index contributed by atoms with van der Waals surface area (Å²) >= 11 is 17.5. The second-order valence-electron chi connectivity index (χ2n) is 4.60. The van der Waals surface area contributed by atoms with Gasteiger partial charge in [0, 0.05) is 11.6 Å². The molecule has 0 aromatic heterocycles. The molecule has 0 saturated carbocycles. The molecule has 1 atom stereocenters. The Labute approximate surface area is 152 Å². The van der Waals surface area contributed by atoms with Gasteiger partial charge in [-0.2, -0.15) is 0 Å². The zero-order chi connectivity index (χ0) is 17.7. The Morgan fingerprint density at radius 2 is 1.67 bits per heavy atom. The summed E-state index contributed by atoms with van der Waals surface area (Å²) < 4.78 is 3.35. The van der Waals surface area contributed by atoms with Gasteiger partial charge >= 0.3 is 5.69 Å². The summed E-state index contributed by atoms with van der Waals surface area (Å²) in [5.41, 5.74) is 0.00798. The van der Waals surface area contributed by atoms with Crippen LogP contribution in [0.15, 0.2) is 54.6 Å². The van der Waals surface area contributed by atoms with Crippen LogP contribution in [0.3, 0.4) is 0 Å². The Bertz CT molecular complexity index is 735. The van der Waals surface area contributed by atoms with Crippen molar-refractivity contribution < 1.29 is 14.5 Å². The average Bonchev–Trinajstić information content (AvgIpc) is 2.54. The van der Waals surface area contributed by atoms with Gasteiger partial charge in [-0.3, -0.25) is 14.9 Å². The van der Waals surface area contributed by atoms with Gasteiger partial charge in [0.15, 0.2) is 5.75 Å². The zero-order valence-electron chi connectivity index (χ0n) is 12.0. The Morgan fingerprint density at radius 3 is 2.25 bits per heavy atom. The van der Waals surface area contributed by atoms with E-state index < -0.39 is 20.9 Å². The highest BCUT2D eigenvalue weighted by Crippen LogP contribution is 2.35. The van der Waals surface area contributed by atoms with Crippen molar-refractivity contribution in [2.75, 3.05) is 0 Å². The molecule has 0 aliphatic rings. The molecule has 126 valence electrons. The molecule has 1 amide bonds. The number of hydrogen-bond donors (Lipinski definition) is 1. The summed E-state index contributed by atoms with van der Waals surface area (Å²) in [7, 11) is 0. The normalized spacial score (nSPS) is 12.3. The van der Waals surface area contributed by atoms with Gasteiger partial charge in [0.1, 0.15) is 0 Å². The maximum absolute atomic E-state index is 12.2. The number of halogens is 3. The molecule has 0 fully saturated rings. The second kappa shape index (κ2) is 7.70. The van der Waals surface area contributed by atoms with Crippen molar-refractivity contribution in [3.8, 4) is 5.75 Å². The predicted octanol–water partition coefficient (Wildman–Crippen LogP) is 4.10. The highest BCUT2D eigenvalue weighted by atomic mass is 35.6. The van der Waals surface area contributed by atoms with Crippen LogP contribution in [0, 0.1) is 10.1 Å². The topological polar surface area (TPSA) is 81.5 Å². The van der Waals surface area contributed by atoms with Crippen molar-refractivity contribution >= 4 is 46.4 Å². The number of rotatable bonds is 5. The number of alkyl halides is 3. The first-order valence-electron chi connectivity index (χ1n) is 6.62. The number of nitro benzene ring substituents is 1. The lowest BCUT2D eigenvalue weighted by Crippen LogP contribution is -2.47. The van der Waals surface area contributed by atoms with E-state index in [9.17, 15) is 14.9 Å². The summed E-state index contributed by atoms with van der Waals surface area (Å²) in [4.78, 5) is 22.6. The molecule has 0 aliphatic carbocycles. The van der Waals surface area contributed by atoms with Crippen LogP contribution in [0.4, 0.5) is 5.69 Å². The zero-order valence-corrected chi connectivity index (χ0v) is 14.3. The number of amides is 1. The molecule has 2 aromatic carbocycles. The first-order valence-corrected chi connectivity index (χ1v) is 7.75. The van der Waals surface area contributed by atoms with Crippen LogP contribution in [0.1, 0.15) is 10.4 Å². The van der Waals surface area contributed by atoms with E-state index in [1.165, 1.54) is 24.3 Å². The fourth-order valence-corrected chi connectivity index (χ4v) is 2.10. The summed E-state index contributed by atoms with van der Waals surface area (Å²) in [6, 6.07) is 13.8. The fourth-order valence-electron chi connectivity index (χ4n) is 1.80. The lowest BCUT2D eigenvalue weighted by molar-refractivity contribution is -0.386. The molecule has 1 unspecified atom stereocenters. The van der Waals surface area contributed by atoms with Gasteiger partial charge in [-0.15, -0.1) is 0 Å². The molecule has 0 bridgehead atoms. The van der Waals surface area contributed by atoms with E-state index in [1.807, 2.05) is 0 Å². The maximum atomic E-state index is 12.2. The molecule has 9 heteroatoms. The number of carbonyl (C=O) groups is 1. The van der Waals surface area contributed by atoms with Gasteiger partial charge in [-0.05, 0) is 18.2 Å². The molecule has 6 nitrogen and oxygen atoms in total. The van der Waals surface area contributed by atoms with Crippen molar-refractivity contribution in [3.63, 3.8) is 0 Å². The molecule has 0 saturated heterocycles. The molecule has 1 N–H and O–H groups in total. The van der Waals surface area contributed by atoms with Gasteiger partial charge in [0.2, 0.25) is 10.0 Å². The number of nitrogens with one attached hydrogen (secondary N) is 1. The van der Waals surface area contributed by atoms with Gasteiger partial charge < -0.3 is 10.1 Å². The molecular formula is C15H11Cl3N2O4. The van der Waals surface area contributed by atoms with Gasteiger partial charge in [-0.25, -0.2) is 0 Å². The largest absolute Gasteiger partial charge is 0.459 e. The lowest BCUT2D eigenvalue weighted by Gasteiger charge is -2.26. The van der Waals surface area contributed by atoms with Crippen LogP contribution in [0.5, 0.6) is 5.75 Å². The smallest absolute Gasteiger partial charge is 0.311 e. The van der Waals surface area contributed by atoms with Crippen LogP contribution in [0.25, 0.3) is 0 Å². The highest BCUT2D eigenvalue weighted by Gasteiger charge is 2.37. The van der Waals surface area contributed by atoms with Crippen LogP contribution in [0.2, 0.25) is 0 Å². The Hall–Kier alpha value is -2.02. The van der Waals surface area contributed by atoms with Gasteiger partial charge in [0.25, 0.3) is 5.91 Å². The van der Waals surface area contributed by atoms with Crippen LogP contribution >= 0.6 is 34.8 Å². The van der Waals surface area contributed by atoms with Gasteiger partial charge in [-0.1, -0.05) is 65.1 Å². The van der Waals surface area contributed by atoms with E-state index in [0.717, 1.165) is 0 Å². The van der Waals surface area contributed by atoms with Crippen molar-refractivity contribution in [1.82, 2.24) is 5.32 Å². The summed E-state index contributed by atoms with van der Waals surface area (Å²) in [5, 5.41) is 13.4. The van der Waals surface area contributed by atoms with Crippen molar-refractivity contribution in [1.29, 1.82) is 0 Å².